The Morgan fingerprint density at radius 2 is 0.430 bits per heavy atom. The van der Waals surface area contributed by atoms with Gasteiger partial charge in [-0.05, 0) is 194 Å². The van der Waals surface area contributed by atoms with Gasteiger partial charge in [0, 0.05) is 73.7 Å². The van der Waals surface area contributed by atoms with Crippen molar-refractivity contribution in [1.29, 1.82) is 0 Å². The summed E-state index contributed by atoms with van der Waals surface area (Å²) in [6.45, 7) is 0. The Hall–Kier alpha value is -14.5. The molecule has 0 aliphatic carbocycles. The van der Waals surface area contributed by atoms with Crippen LogP contribution in [0.3, 0.4) is 0 Å². The van der Waals surface area contributed by atoms with E-state index in [-0.39, 0.29) is 0 Å². The molecule has 0 spiro atoms. The minimum absolute atomic E-state index is 0.603. The fourth-order valence-corrected chi connectivity index (χ4v) is 19.0. The zero-order valence-electron chi connectivity index (χ0n) is 61.5. The van der Waals surface area contributed by atoms with Crippen molar-refractivity contribution >= 4 is 106 Å². The molecule has 0 saturated carbocycles. The molecule has 0 fully saturated rings. The number of rotatable bonds is 13. The number of aromatic nitrogens is 6. The third kappa shape index (κ3) is 12.0. The summed E-state index contributed by atoms with van der Waals surface area (Å²) in [7, 11) is 0. The van der Waals surface area contributed by atoms with Crippen molar-refractivity contribution in [2.45, 2.75) is 0 Å². The highest BCUT2D eigenvalue weighted by Gasteiger charge is 2.22. The summed E-state index contributed by atoms with van der Waals surface area (Å²) < 4.78 is 4.76. The molecule has 4 heterocycles. The highest BCUT2D eigenvalue weighted by Crippen LogP contribution is 2.45. The molecule has 8 heteroatoms. The van der Waals surface area contributed by atoms with E-state index in [4.69, 9.17) is 29.9 Å². The minimum atomic E-state index is 0.603. The highest BCUT2D eigenvalue weighted by atomic mass is 32.1. The lowest BCUT2D eigenvalue weighted by Gasteiger charge is -2.15. The predicted octanol–water partition coefficient (Wildman–Crippen LogP) is 29.1. The molecule has 0 atom stereocenters. The SMILES string of the molecule is c1ccc(-c2cc(-c3ccc(-c4nc(-c5ccc(-c6cc(-c7cccc(-c8cc(-c9ccc(-c%10nc(-c%11ccc(-c%12ccc%13ccccc%13c%12)cc%11)nc(-c%11cccc%12c%11sc%11ccccc%11%12)n%10)cc9)cc9ccccc89)c7)cc7ccccc67)cc5)nc(-c5cccc6c5sc5ccccc56)n4)cc3)cc3ccccc23)cc1. The Morgan fingerprint density at radius 3 is 0.895 bits per heavy atom. The third-order valence-corrected chi connectivity index (χ3v) is 24.8. The second-order valence-electron chi connectivity index (χ2n) is 29.2. The molecule has 0 amide bonds. The van der Waals surface area contributed by atoms with E-state index in [1.807, 2.05) is 0 Å². The van der Waals surface area contributed by atoms with Gasteiger partial charge in [0.1, 0.15) is 0 Å². The van der Waals surface area contributed by atoms with Gasteiger partial charge in [0.15, 0.2) is 34.9 Å². The summed E-state index contributed by atoms with van der Waals surface area (Å²) in [5, 5.41) is 14.4. The normalized spacial score (nSPS) is 11.7. The zero-order chi connectivity index (χ0) is 75.2. The number of fused-ring (bicyclic) bond motifs is 10. The smallest absolute Gasteiger partial charge is 0.165 e. The van der Waals surface area contributed by atoms with Crippen LogP contribution in [-0.2, 0) is 0 Å². The molecule has 114 heavy (non-hydrogen) atoms. The van der Waals surface area contributed by atoms with Crippen molar-refractivity contribution in [3.8, 4) is 146 Å². The van der Waals surface area contributed by atoms with Crippen molar-refractivity contribution in [2.75, 3.05) is 0 Å². The van der Waals surface area contributed by atoms with Gasteiger partial charge < -0.3 is 0 Å². The lowest BCUT2D eigenvalue weighted by Crippen LogP contribution is -2.00. The quantitative estimate of drug-likeness (QED) is 0.114. The number of benzene rings is 18. The topological polar surface area (TPSA) is 77.3 Å². The van der Waals surface area contributed by atoms with Crippen LogP contribution in [0.2, 0.25) is 0 Å². The molecule has 0 N–H and O–H groups in total. The largest absolute Gasteiger partial charge is 0.208 e. The first kappa shape index (κ1) is 66.4. The molecule has 4 aromatic heterocycles. The molecule has 18 aromatic carbocycles. The molecule has 0 radical (unpaired) electrons. The second-order valence-corrected chi connectivity index (χ2v) is 31.3. The van der Waals surface area contributed by atoms with Crippen LogP contribution in [0.15, 0.2) is 388 Å². The van der Waals surface area contributed by atoms with E-state index >= 15 is 0 Å². The molecule has 0 aliphatic heterocycles. The monoisotopic (exact) mass is 1480 g/mol. The van der Waals surface area contributed by atoms with Crippen LogP contribution >= 0.6 is 22.7 Å². The van der Waals surface area contributed by atoms with Crippen LogP contribution in [0, 0.1) is 0 Å². The maximum atomic E-state index is 5.37. The van der Waals surface area contributed by atoms with Gasteiger partial charge in [0.25, 0.3) is 0 Å². The Balaban J connectivity index is 0.595. The minimum Gasteiger partial charge on any atom is -0.208 e. The van der Waals surface area contributed by atoms with Crippen LogP contribution in [0.5, 0.6) is 0 Å². The fraction of sp³-hybridized carbons (Fsp3) is 0. The lowest BCUT2D eigenvalue weighted by atomic mass is 9.89. The van der Waals surface area contributed by atoms with Gasteiger partial charge in [0.2, 0.25) is 0 Å². The zero-order valence-corrected chi connectivity index (χ0v) is 63.1. The van der Waals surface area contributed by atoms with Crippen molar-refractivity contribution in [3.05, 3.63) is 388 Å². The van der Waals surface area contributed by atoms with E-state index in [2.05, 4.69) is 388 Å². The van der Waals surface area contributed by atoms with Gasteiger partial charge in [-0.1, -0.05) is 315 Å². The van der Waals surface area contributed by atoms with Gasteiger partial charge in [0.05, 0.1) is 0 Å². The van der Waals surface area contributed by atoms with Crippen LogP contribution in [0.25, 0.3) is 230 Å². The van der Waals surface area contributed by atoms with Gasteiger partial charge in [-0.3, -0.25) is 0 Å². The predicted molar refractivity (Wildman–Crippen MR) is 480 cm³/mol. The van der Waals surface area contributed by atoms with E-state index in [1.165, 1.54) is 74.4 Å². The van der Waals surface area contributed by atoms with E-state index in [0.29, 0.717) is 34.9 Å². The van der Waals surface area contributed by atoms with Crippen molar-refractivity contribution in [1.82, 2.24) is 29.9 Å². The summed E-state index contributed by atoms with van der Waals surface area (Å²) in [4.78, 5) is 32.0. The molecule has 530 valence electrons. The summed E-state index contributed by atoms with van der Waals surface area (Å²) >= 11 is 3.56. The van der Waals surface area contributed by atoms with Crippen molar-refractivity contribution in [2.24, 2.45) is 0 Å². The molecular weight excluding hydrogens is 1420 g/mol. The van der Waals surface area contributed by atoms with E-state index < -0.39 is 0 Å². The first-order valence-corrected chi connectivity index (χ1v) is 40.1. The average Bonchev–Trinajstić information content (AvgIpc) is 1.73. The summed E-state index contributed by atoms with van der Waals surface area (Å²) in [5.41, 5.74) is 21.5. The van der Waals surface area contributed by atoms with Crippen molar-refractivity contribution in [3.63, 3.8) is 0 Å². The first-order valence-electron chi connectivity index (χ1n) is 38.4. The first-order chi connectivity index (χ1) is 56.4. The maximum Gasteiger partial charge on any atom is 0.165 e. The second kappa shape index (κ2) is 27.8. The van der Waals surface area contributed by atoms with Crippen LogP contribution in [-0.4, -0.2) is 29.9 Å². The van der Waals surface area contributed by atoms with Gasteiger partial charge in [-0.25, -0.2) is 29.9 Å². The van der Waals surface area contributed by atoms with Crippen molar-refractivity contribution < 1.29 is 0 Å². The highest BCUT2D eigenvalue weighted by molar-refractivity contribution is 7.26. The molecule has 22 aromatic rings. The number of hydrogen-bond acceptors (Lipinski definition) is 8. The van der Waals surface area contributed by atoms with Crippen LogP contribution in [0.1, 0.15) is 0 Å². The van der Waals surface area contributed by atoms with E-state index in [1.54, 1.807) is 22.7 Å². The van der Waals surface area contributed by atoms with Gasteiger partial charge in [-0.2, -0.15) is 0 Å². The molecule has 0 bridgehead atoms. The Morgan fingerprint density at radius 1 is 0.140 bits per heavy atom. The average molecular weight is 1490 g/mol. The van der Waals surface area contributed by atoms with Gasteiger partial charge in [-0.15, -0.1) is 22.7 Å². The van der Waals surface area contributed by atoms with Gasteiger partial charge >= 0.3 is 0 Å². The molecule has 22 rings (SSSR count). The van der Waals surface area contributed by atoms with Crippen LogP contribution in [0.4, 0.5) is 0 Å². The standard InChI is InChI=1S/C106H64N6S2/c1-2-20-69(21-3-1)94-62-82(59-78-23-6-9-28-85(78)94)67-41-50-72(51-42-67)103-108-104(112-106(111-103)93-36-18-34-91-89-32-13-15-38-98(89)114-100(91)93)74-54-46-70(47-55-74)95-64-84(61-80-25-7-10-29-86(80)95)76-26-16-27-81(58-76)96-63-83(60-79-24-8-11-30-87(79)96)68-43-52-73(53-44-68)102-107-101(71-48-39-66(40-49-71)77-56-45-65-19-4-5-22-75(65)57-77)109-105(110-102)92-35-17-33-90-88-31-12-14-37-97(88)113-99(90)92/h1-64H. The molecule has 0 unspecified atom stereocenters. The summed E-state index contributed by atoms with van der Waals surface area (Å²) in [5.74, 6) is 3.71. The van der Waals surface area contributed by atoms with E-state index in [9.17, 15) is 0 Å². The Kier molecular flexibility index (Phi) is 16.2. The number of hydrogen-bond donors (Lipinski definition) is 0. The third-order valence-electron chi connectivity index (χ3n) is 22.4. The summed E-state index contributed by atoms with van der Waals surface area (Å²) in [6, 6.07) is 140. The number of thiophene rings is 2. The maximum absolute atomic E-state index is 5.37. The molecular formula is C106H64N6S2. The molecule has 0 saturated heterocycles. The molecule has 0 aliphatic rings. The number of nitrogens with zero attached hydrogens (tertiary/aromatic N) is 6. The Bertz CT molecular complexity index is 7580. The summed E-state index contributed by atoms with van der Waals surface area (Å²) in [6.07, 6.45) is 0. The fourth-order valence-electron chi connectivity index (χ4n) is 16.6. The Labute approximate surface area is 665 Å². The van der Waals surface area contributed by atoms with E-state index in [0.717, 1.165) is 120 Å². The lowest BCUT2D eigenvalue weighted by molar-refractivity contribution is 1.08. The van der Waals surface area contributed by atoms with Crippen LogP contribution < -0.4 is 0 Å². The molecule has 6 nitrogen and oxygen atoms in total.